The molecule has 2 aromatic carbocycles. The second-order valence-corrected chi connectivity index (χ2v) is 7.84. The lowest BCUT2D eigenvalue weighted by Gasteiger charge is -2.16. The Kier molecular flexibility index (Phi) is 5.63. The first-order valence-corrected chi connectivity index (χ1v) is 10.7. The molecule has 4 nitrogen and oxygen atoms in total. The highest BCUT2D eigenvalue weighted by atomic mass is 16.5. The molecule has 3 aromatic rings. The Labute approximate surface area is 173 Å². The van der Waals surface area contributed by atoms with Gasteiger partial charge < -0.3 is 19.4 Å². The standard InChI is InChI=1S/C25H30N2O2/c1-5-28-23-14-20-16-26-25(19-11-9-18(10-12-19)17(3)4)21-8-7-13-27(21)22(20)15-24(23)29-6-2/h7-15,17,25-26H,5-6,16H2,1-4H3/p+1. The van der Waals surface area contributed by atoms with E-state index in [1.54, 1.807) is 0 Å². The highest BCUT2D eigenvalue weighted by Gasteiger charge is 2.27. The van der Waals surface area contributed by atoms with E-state index in [0.717, 1.165) is 18.0 Å². The summed E-state index contributed by atoms with van der Waals surface area (Å²) in [6.07, 6.45) is 2.15. The summed E-state index contributed by atoms with van der Waals surface area (Å²) in [5.74, 6) is 2.19. The molecular formula is C25H31N2O2+. The number of fused-ring (bicyclic) bond motifs is 3. The molecule has 1 atom stereocenters. The van der Waals surface area contributed by atoms with Gasteiger partial charge in [0.2, 0.25) is 0 Å². The monoisotopic (exact) mass is 391 g/mol. The summed E-state index contributed by atoms with van der Waals surface area (Å²) in [5, 5.41) is 2.41. The number of nitrogens with zero attached hydrogens (tertiary/aromatic N) is 1. The highest BCUT2D eigenvalue weighted by molar-refractivity contribution is 5.56. The van der Waals surface area contributed by atoms with Gasteiger partial charge in [-0.1, -0.05) is 38.1 Å². The molecular weight excluding hydrogens is 360 g/mol. The molecule has 29 heavy (non-hydrogen) atoms. The van der Waals surface area contributed by atoms with Gasteiger partial charge in [0, 0.05) is 23.4 Å². The minimum Gasteiger partial charge on any atom is -0.490 e. The molecule has 0 fully saturated rings. The van der Waals surface area contributed by atoms with Gasteiger partial charge in [-0.25, -0.2) is 0 Å². The molecule has 0 bridgehead atoms. The van der Waals surface area contributed by atoms with E-state index in [9.17, 15) is 0 Å². The number of aromatic nitrogens is 1. The maximum atomic E-state index is 5.89. The average molecular weight is 392 g/mol. The lowest BCUT2D eigenvalue weighted by atomic mass is 9.98. The van der Waals surface area contributed by atoms with Gasteiger partial charge in [0.15, 0.2) is 17.5 Å². The Bertz CT molecular complexity index is 973. The maximum Gasteiger partial charge on any atom is 0.163 e. The van der Waals surface area contributed by atoms with Crippen LogP contribution in [0.4, 0.5) is 0 Å². The lowest BCUT2D eigenvalue weighted by molar-refractivity contribution is -0.702. The van der Waals surface area contributed by atoms with E-state index in [2.05, 4.69) is 78.5 Å². The van der Waals surface area contributed by atoms with E-state index >= 15 is 0 Å². The number of rotatable bonds is 6. The summed E-state index contributed by atoms with van der Waals surface area (Å²) in [6, 6.07) is 18.0. The molecule has 0 radical (unpaired) electrons. The quantitative estimate of drug-likeness (QED) is 0.669. The molecule has 1 aromatic heterocycles. The molecule has 2 N–H and O–H groups in total. The van der Waals surface area contributed by atoms with Crippen molar-refractivity contribution in [3.05, 3.63) is 77.1 Å². The smallest absolute Gasteiger partial charge is 0.163 e. The van der Waals surface area contributed by atoms with Crippen LogP contribution in [0.15, 0.2) is 54.7 Å². The van der Waals surface area contributed by atoms with Crippen molar-refractivity contribution in [2.75, 3.05) is 13.2 Å². The topological polar surface area (TPSA) is 40.0 Å². The van der Waals surface area contributed by atoms with E-state index in [4.69, 9.17) is 9.47 Å². The minimum absolute atomic E-state index is 0.254. The minimum atomic E-state index is 0.254. The Hall–Kier alpha value is -2.72. The fourth-order valence-electron chi connectivity index (χ4n) is 4.14. The number of hydrogen-bond acceptors (Lipinski definition) is 2. The summed E-state index contributed by atoms with van der Waals surface area (Å²) in [6.45, 7) is 10.6. The third kappa shape index (κ3) is 3.77. The fraction of sp³-hybridized carbons (Fsp3) is 0.360. The SMILES string of the molecule is CCOc1cc2c(cc1OCC)-n1cccc1C(c1ccc(C(C)C)cc1)[NH2+]C2. The molecule has 4 heteroatoms. The van der Waals surface area contributed by atoms with Crippen LogP contribution in [0.1, 0.15) is 62.0 Å². The summed E-state index contributed by atoms with van der Waals surface area (Å²) < 4.78 is 14.1. The second kappa shape index (κ2) is 8.34. The van der Waals surface area contributed by atoms with Gasteiger partial charge in [0.05, 0.1) is 24.6 Å². The summed E-state index contributed by atoms with van der Waals surface area (Å²) in [4.78, 5) is 0. The summed E-state index contributed by atoms with van der Waals surface area (Å²) in [7, 11) is 0. The maximum absolute atomic E-state index is 5.89. The van der Waals surface area contributed by atoms with Gasteiger partial charge in [-0.05, 0) is 43.5 Å². The van der Waals surface area contributed by atoms with Crippen LogP contribution in [0, 0.1) is 0 Å². The number of nitrogens with two attached hydrogens (primary N) is 1. The molecule has 2 heterocycles. The van der Waals surface area contributed by atoms with Crippen LogP contribution in [-0.2, 0) is 6.54 Å². The number of quaternary nitrogens is 1. The van der Waals surface area contributed by atoms with Crippen LogP contribution >= 0.6 is 0 Å². The lowest BCUT2D eigenvalue weighted by Crippen LogP contribution is -2.83. The van der Waals surface area contributed by atoms with E-state index in [0.29, 0.717) is 19.1 Å². The highest BCUT2D eigenvalue weighted by Crippen LogP contribution is 2.36. The van der Waals surface area contributed by atoms with Crippen LogP contribution in [0.3, 0.4) is 0 Å². The van der Waals surface area contributed by atoms with Crippen molar-refractivity contribution in [1.29, 1.82) is 0 Å². The Morgan fingerprint density at radius 2 is 1.69 bits per heavy atom. The summed E-state index contributed by atoms with van der Waals surface area (Å²) in [5.41, 5.74) is 6.43. The van der Waals surface area contributed by atoms with Crippen LogP contribution < -0.4 is 14.8 Å². The molecule has 1 aliphatic heterocycles. The normalized spacial score (nSPS) is 15.6. The predicted molar refractivity (Wildman–Crippen MR) is 116 cm³/mol. The van der Waals surface area contributed by atoms with Crippen LogP contribution in [0.25, 0.3) is 5.69 Å². The van der Waals surface area contributed by atoms with Gasteiger partial charge in [-0.3, -0.25) is 0 Å². The fourth-order valence-corrected chi connectivity index (χ4v) is 4.14. The predicted octanol–water partition coefficient (Wildman–Crippen LogP) is 4.56. The van der Waals surface area contributed by atoms with Gasteiger partial charge >= 0.3 is 0 Å². The average Bonchev–Trinajstić information content (AvgIpc) is 3.14. The first-order chi connectivity index (χ1) is 14.1. The van der Waals surface area contributed by atoms with Crippen molar-refractivity contribution in [2.24, 2.45) is 0 Å². The summed E-state index contributed by atoms with van der Waals surface area (Å²) >= 11 is 0. The largest absolute Gasteiger partial charge is 0.490 e. The van der Waals surface area contributed by atoms with E-state index in [1.807, 2.05) is 13.8 Å². The van der Waals surface area contributed by atoms with E-state index < -0.39 is 0 Å². The van der Waals surface area contributed by atoms with Crippen molar-refractivity contribution >= 4 is 0 Å². The van der Waals surface area contributed by atoms with E-state index in [-0.39, 0.29) is 6.04 Å². The molecule has 0 saturated carbocycles. The molecule has 4 rings (SSSR count). The zero-order valence-electron chi connectivity index (χ0n) is 17.8. The number of hydrogen-bond donors (Lipinski definition) is 1. The Balaban J connectivity index is 1.76. The zero-order valence-corrected chi connectivity index (χ0v) is 17.8. The van der Waals surface area contributed by atoms with Crippen LogP contribution in [-0.4, -0.2) is 17.8 Å². The molecule has 152 valence electrons. The first-order valence-electron chi connectivity index (χ1n) is 10.7. The zero-order chi connectivity index (χ0) is 20.4. The van der Waals surface area contributed by atoms with Crippen molar-refractivity contribution in [3.63, 3.8) is 0 Å². The Morgan fingerprint density at radius 1 is 1.00 bits per heavy atom. The Morgan fingerprint density at radius 3 is 2.34 bits per heavy atom. The second-order valence-electron chi connectivity index (χ2n) is 7.84. The van der Waals surface area contributed by atoms with Gasteiger partial charge in [0.25, 0.3) is 0 Å². The van der Waals surface area contributed by atoms with Gasteiger partial charge in [-0.2, -0.15) is 0 Å². The van der Waals surface area contributed by atoms with Crippen LogP contribution in [0.2, 0.25) is 0 Å². The van der Waals surface area contributed by atoms with Crippen LogP contribution in [0.5, 0.6) is 11.5 Å². The first kappa shape index (κ1) is 19.6. The van der Waals surface area contributed by atoms with E-state index in [1.165, 1.54) is 28.1 Å². The van der Waals surface area contributed by atoms with Gasteiger partial charge in [0.1, 0.15) is 6.54 Å². The molecule has 0 aliphatic carbocycles. The molecule has 0 saturated heterocycles. The molecule has 0 spiro atoms. The molecule has 0 amide bonds. The number of ether oxygens (including phenoxy) is 2. The van der Waals surface area contributed by atoms with Crippen molar-refractivity contribution in [1.82, 2.24) is 4.57 Å². The third-order valence-corrected chi connectivity index (χ3v) is 5.64. The molecule has 1 unspecified atom stereocenters. The van der Waals surface area contributed by atoms with Gasteiger partial charge in [-0.15, -0.1) is 0 Å². The number of benzene rings is 2. The van der Waals surface area contributed by atoms with Crippen molar-refractivity contribution in [2.45, 2.75) is 46.2 Å². The molecule has 1 aliphatic rings. The van der Waals surface area contributed by atoms with Crippen molar-refractivity contribution in [3.8, 4) is 17.2 Å². The third-order valence-electron chi connectivity index (χ3n) is 5.64. The van der Waals surface area contributed by atoms with Crippen molar-refractivity contribution < 1.29 is 14.8 Å².